The molecule has 0 spiro atoms. The summed E-state index contributed by atoms with van der Waals surface area (Å²) < 4.78 is 44.0. The normalized spacial score (nSPS) is 23.8. The second-order valence-electron chi connectivity index (χ2n) is 8.59. The van der Waals surface area contributed by atoms with Gasteiger partial charge in [-0.3, -0.25) is 0 Å². The van der Waals surface area contributed by atoms with E-state index in [9.17, 15) is 4.79 Å². The van der Waals surface area contributed by atoms with Gasteiger partial charge in [-0.05, 0) is 18.6 Å². The van der Waals surface area contributed by atoms with Crippen LogP contribution in [0.25, 0.3) is 11.0 Å². The molecule has 3 aliphatic heterocycles. The number of rotatable bonds is 4. The summed E-state index contributed by atoms with van der Waals surface area (Å²) in [5.41, 5.74) is 1.73. The summed E-state index contributed by atoms with van der Waals surface area (Å²) in [5, 5.41) is 4.48. The van der Waals surface area contributed by atoms with Crippen LogP contribution in [0.1, 0.15) is 30.4 Å². The first kappa shape index (κ1) is 21.3. The lowest BCUT2D eigenvalue weighted by molar-refractivity contribution is -0.0440. The van der Waals surface area contributed by atoms with E-state index in [0.717, 1.165) is 5.56 Å². The predicted molar refractivity (Wildman–Crippen MR) is 119 cm³/mol. The number of hydrogen-bond donors (Lipinski definition) is 0. The lowest BCUT2D eigenvalue weighted by Crippen LogP contribution is -2.42. The van der Waals surface area contributed by atoms with Gasteiger partial charge in [0.1, 0.15) is 12.6 Å². The number of nitrogens with zero attached hydrogens (tertiary/aromatic N) is 3. The second kappa shape index (κ2) is 8.53. The maximum Gasteiger partial charge on any atom is 0.416 e. The number of benzene rings is 2. The SMILES string of the molecule is C[C@H]1CN(c2c(C3OCCO3)cc3c(N4C(=O)OC[C@@H]4c4ccccc4)noc3c2F)CCO1. The van der Waals surface area contributed by atoms with Crippen LogP contribution >= 0.6 is 0 Å². The molecule has 1 aromatic heterocycles. The fourth-order valence-electron chi connectivity index (χ4n) is 4.85. The van der Waals surface area contributed by atoms with Crippen molar-refractivity contribution in [3.8, 4) is 0 Å². The van der Waals surface area contributed by atoms with Crippen LogP contribution < -0.4 is 9.80 Å². The van der Waals surface area contributed by atoms with E-state index in [2.05, 4.69) is 5.16 Å². The first-order valence-electron chi connectivity index (χ1n) is 11.3. The first-order valence-corrected chi connectivity index (χ1v) is 11.3. The largest absolute Gasteiger partial charge is 0.447 e. The molecule has 34 heavy (non-hydrogen) atoms. The summed E-state index contributed by atoms with van der Waals surface area (Å²) >= 11 is 0. The molecule has 10 heteroatoms. The Morgan fingerprint density at radius 1 is 1.09 bits per heavy atom. The minimum Gasteiger partial charge on any atom is -0.447 e. The number of hydrogen-bond acceptors (Lipinski definition) is 8. The van der Waals surface area contributed by atoms with Crippen molar-refractivity contribution in [2.75, 3.05) is 49.3 Å². The van der Waals surface area contributed by atoms with Crippen molar-refractivity contribution in [2.45, 2.75) is 25.4 Å². The van der Waals surface area contributed by atoms with Crippen molar-refractivity contribution in [2.24, 2.45) is 0 Å². The minimum absolute atomic E-state index is 0.0302. The van der Waals surface area contributed by atoms with Gasteiger partial charge < -0.3 is 28.4 Å². The van der Waals surface area contributed by atoms with Crippen LogP contribution in [0, 0.1) is 5.82 Å². The Balaban J connectivity index is 1.49. The van der Waals surface area contributed by atoms with Gasteiger partial charge in [0.2, 0.25) is 5.58 Å². The average molecular weight is 469 g/mol. The molecule has 2 atom stereocenters. The Kier molecular flexibility index (Phi) is 5.35. The first-order chi connectivity index (χ1) is 16.6. The summed E-state index contributed by atoms with van der Waals surface area (Å²) in [6.07, 6.45) is -1.35. The van der Waals surface area contributed by atoms with Crippen molar-refractivity contribution in [1.29, 1.82) is 0 Å². The topological polar surface area (TPSA) is 86.5 Å². The number of carbonyl (C=O) groups excluding carboxylic acids is 1. The number of halogens is 1. The maximum atomic E-state index is 16.1. The van der Waals surface area contributed by atoms with Gasteiger partial charge in [0, 0.05) is 18.7 Å². The van der Waals surface area contributed by atoms with Gasteiger partial charge >= 0.3 is 6.09 Å². The smallest absolute Gasteiger partial charge is 0.416 e. The Bertz CT molecular complexity index is 1210. The van der Waals surface area contributed by atoms with E-state index in [1.807, 2.05) is 42.2 Å². The molecule has 9 nitrogen and oxygen atoms in total. The van der Waals surface area contributed by atoms with Gasteiger partial charge in [-0.2, -0.15) is 0 Å². The van der Waals surface area contributed by atoms with Gasteiger partial charge in [-0.25, -0.2) is 14.1 Å². The zero-order valence-corrected chi connectivity index (χ0v) is 18.6. The Morgan fingerprint density at radius 3 is 2.65 bits per heavy atom. The van der Waals surface area contributed by atoms with Crippen LogP contribution in [0.4, 0.5) is 20.7 Å². The lowest BCUT2D eigenvalue weighted by atomic mass is 10.0. The molecule has 0 unspecified atom stereocenters. The zero-order valence-electron chi connectivity index (χ0n) is 18.6. The number of fused-ring (bicyclic) bond motifs is 1. The van der Waals surface area contributed by atoms with Gasteiger partial charge in [-0.1, -0.05) is 35.5 Å². The third-order valence-corrected chi connectivity index (χ3v) is 6.41. The van der Waals surface area contributed by atoms with E-state index in [1.54, 1.807) is 6.07 Å². The number of anilines is 2. The zero-order chi connectivity index (χ0) is 23.2. The number of carbonyl (C=O) groups is 1. The van der Waals surface area contributed by atoms with Crippen LogP contribution in [0.5, 0.6) is 0 Å². The molecule has 2 aromatic carbocycles. The summed E-state index contributed by atoms with van der Waals surface area (Å²) in [6, 6.07) is 10.8. The molecule has 4 heterocycles. The van der Waals surface area contributed by atoms with Crippen LogP contribution in [0.3, 0.4) is 0 Å². The third-order valence-electron chi connectivity index (χ3n) is 6.41. The quantitative estimate of drug-likeness (QED) is 0.568. The molecular weight excluding hydrogens is 445 g/mol. The molecule has 3 fully saturated rings. The standard InChI is InChI=1S/C24H24FN3O6/c1-14-12-27(7-8-30-14)20-16(23-31-9-10-32-23)11-17-21(19(20)25)34-26-22(17)28-18(13-33-24(28)29)15-5-3-2-4-6-15/h2-6,11,14,18,23H,7-10,12-13H2,1H3/t14-,18+/m0/s1. The van der Waals surface area contributed by atoms with Gasteiger partial charge in [-0.15, -0.1) is 0 Å². The molecule has 3 aromatic rings. The van der Waals surface area contributed by atoms with Crippen molar-refractivity contribution >= 4 is 28.6 Å². The number of amides is 1. The molecule has 178 valence electrons. The fraction of sp³-hybridized carbons (Fsp3) is 0.417. The molecule has 0 N–H and O–H groups in total. The van der Waals surface area contributed by atoms with E-state index in [1.165, 1.54) is 4.90 Å². The number of morpholine rings is 1. The van der Waals surface area contributed by atoms with E-state index in [0.29, 0.717) is 49.5 Å². The summed E-state index contributed by atoms with van der Waals surface area (Å²) in [7, 11) is 0. The van der Waals surface area contributed by atoms with E-state index >= 15 is 4.39 Å². The molecule has 3 aliphatic rings. The predicted octanol–water partition coefficient (Wildman–Crippen LogP) is 3.94. The monoisotopic (exact) mass is 469 g/mol. The maximum absolute atomic E-state index is 16.1. The van der Waals surface area contributed by atoms with Gasteiger partial charge in [0.25, 0.3) is 0 Å². The Labute approximate surface area is 194 Å². The molecule has 6 rings (SSSR count). The van der Waals surface area contributed by atoms with Crippen molar-refractivity contribution in [3.63, 3.8) is 0 Å². The van der Waals surface area contributed by atoms with Gasteiger partial charge in [0.15, 0.2) is 17.9 Å². The minimum atomic E-state index is -0.731. The Hall–Kier alpha value is -3.21. The number of cyclic esters (lactones) is 1. The molecule has 0 saturated carbocycles. The molecule has 0 aliphatic carbocycles. The van der Waals surface area contributed by atoms with Crippen molar-refractivity contribution in [1.82, 2.24) is 5.16 Å². The lowest BCUT2D eigenvalue weighted by Gasteiger charge is -2.34. The van der Waals surface area contributed by atoms with E-state index in [4.69, 9.17) is 23.5 Å². The average Bonchev–Trinajstić information content (AvgIpc) is 3.59. The number of ether oxygens (including phenoxy) is 4. The second-order valence-corrected chi connectivity index (χ2v) is 8.59. The van der Waals surface area contributed by atoms with Crippen molar-refractivity contribution < 1.29 is 32.7 Å². The van der Waals surface area contributed by atoms with E-state index in [-0.39, 0.29) is 24.1 Å². The summed E-state index contributed by atoms with van der Waals surface area (Å²) in [4.78, 5) is 16.1. The molecule has 0 radical (unpaired) electrons. The van der Waals surface area contributed by atoms with E-state index < -0.39 is 24.2 Å². The highest BCUT2D eigenvalue weighted by Crippen LogP contribution is 2.43. The van der Waals surface area contributed by atoms with Crippen LogP contribution in [-0.2, 0) is 18.9 Å². The highest BCUT2D eigenvalue weighted by Gasteiger charge is 2.40. The van der Waals surface area contributed by atoms with Crippen LogP contribution in [-0.4, -0.2) is 56.9 Å². The van der Waals surface area contributed by atoms with Crippen LogP contribution in [0.15, 0.2) is 40.9 Å². The molecule has 0 bridgehead atoms. The summed E-state index contributed by atoms with van der Waals surface area (Å²) in [6.45, 7) is 4.43. The van der Waals surface area contributed by atoms with Crippen LogP contribution in [0.2, 0.25) is 0 Å². The van der Waals surface area contributed by atoms with Crippen molar-refractivity contribution in [3.05, 3.63) is 53.3 Å². The molecule has 1 amide bonds. The van der Waals surface area contributed by atoms with Gasteiger partial charge in [0.05, 0.1) is 37.0 Å². The Morgan fingerprint density at radius 2 is 1.88 bits per heavy atom. The highest BCUT2D eigenvalue weighted by molar-refractivity contribution is 6.01. The number of aromatic nitrogens is 1. The molecular formula is C24H24FN3O6. The summed E-state index contributed by atoms with van der Waals surface area (Å²) in [5.74, 6) is -0.366. The fourth-order valence-corrected chi connectivity index (χ4v) is 4.85. The highest BCUT2D eigenvalue weighted by atomic mass is 19.1. The third kappa shape index (κ3) is 3.49. The molecule has 3 saturated heterocycles.